The molecule has 2 rings (SSSR count). The number of carbonyl (C=O) groups is 1. The number of nitrogens with one attached hydrogen (secondary N) is 1. The third-order valence-corrected chi connectivity index (χ3v) is 2.62. The largest absolute Gasteiger partial charge is 0.481 e. The van der Waals surface area contributed by atoms with Gasteiger partial charge in [0.1, 0.15) is 11.3 Å². The molecule has 0 bridgehead atoms. The monoisotopic (exact) mass is 341 g/mol. The topological polar surface area (TPSA) is 91.2 Å². The highest BCUT2D eigenvalue weighted by molar-refractivity contribution is 5.84. The van der Waals surface area contributed by atoms with Crippen molar-refractivity contribution < 1.29 is 23.0 Å². The first-order valence-electron chi connectivity index (χ1n) is 6.94. The Morgan fingerprint density at radius 3 is 2.67 bits per heavy atom. The minimum Gasteiger partial charge on any atom is -0.481 e. The number of nitrogens with zero attached hydrogens (tertiary/aromatic N) is 4. The van der Waals surface area contributed by atoms with Crippen LogP contribution in [0.15, 0.2) is 18.3 Å². The second kappa shape index (κ2) is 6.77. The van der Waals surface area contributed by atoms with E-state index >= 15 is 0 Å². The standard InChI is InChI=1S/C14H17F2N5O3/c1-14(2,3)24-13(22)18-9-7-8(21(20-9)12(15)16)11-17-6-5-10(19-11)23-4/h5-7,12H,1-4H3,(H,18,20,22). The van der Waals surface area contributed by atoms with Gasteiger partial charge in [-0.25, -0.2) is 9.78 Å². The average Bonchev–Trinajstić information content (AvgIpc) is 2.89. The van der Waals surface area contributed by atoms with Crippen molar-refractivity contribution in [3.8, 4) is 17.4 Å². The molecule has 0 fully saturated rings. The molecule has 10 heteroatoms. The van der Waals surface area contributed by atoms with E-state index in [1.54, 1.807) is 20.8 Å². The molecule has 0 radical (unpaired) electrons. The minimum atomic E-state index is -2.94. The van der Waals surface area contributed by atoms with Crippen molar-refractivity contribution in [2.45, 2.75) is 32.9 Å². The van der Waals surface area contributed by atoms with Gasteiger partial charge in [0.05, 0.1) is 7.11 Å². The van der Waals surface area contributed by atoms with Gasteiger partial charge >= 0.3 is 12.6 Å². The summed E-state index contributed by atoms with van der Waals surface area (Å²) in [5, 5.41) is 5.94. The summed E-state index contributed by atoms with van der Waals surface area (Å²) in [6, 6.07) is 2.71. The number of halogens is 2. The van der Waals surface area contributed by atoms with Gasteiger partial charge in [0, 0.05) is 18.3 Å². The molecule has 0 unspecified atom stereocenters. The van der Waals surface area contributed by atoms with E-state index < -0.39 is 18.2 Å². The fourth-order valence-corrected chi connectivity index (χ4v) is 1.76. The summed E-state index contributed by atoms with van der Waals surface area (Å²) in [7, 11) is 1.39. The lowest BCUT2D eigenvalue weighted by Gasteiger charge is -2.18. The SMILES string of the molecule is COc1ccnc(-c2cc(NC(=O)OC(C)(C)C)nn2C(F)F)n1. The van der Waals surface area contributed by atoms with E-state index in [0.717, 1.165) is 0 Å². The lowest BCUT2D eigenvalue weighted by molar-refractivity contribution is 0.0574. The molecule has 2 aromatic heterocycles. The van der Waals surface area contributed by atoms with Crippen LogP contribution in [0.2, 0.25) is 0 Å². The molecule has 0 aliphatic rings. The van der Waals surface area contributed by atoms with E-state index in [1.807, 2.05) is 0 Å². The molecule has 0 atom stereocenters. The first-order valence-corrected chi connectivity index (χ1v) is 6.94. The lowest BCUT2D eigenvalue weighted by atomic mass is 10.2. The number of carbonyl (C=O) groups excluding carboxylic acids is 1. The van der Waals surface area contributed by atoms with Crippen LogP contribution in [0.4, 0.5) is 19.4 Å². The van der Waals surface area contributed by atoms with Crippen LogP contribution in [-0.2, 0) is 4.74 Å². The van der Waals surface area contributed by atoms with E-state index in [-0.39, 0.29) is 23.2 Å². The van der Waals surface area contributed by atoms with E-state index in [4.69, 9.17) is 9.47 Å². The molecule has 0 saturated heterocycles. The summed E-state index contributed by atoms with van der Waals surface area (Å²) in [5.41, 5.74) is -0.802. The Balaban J connectivity index is 2.32. The zero-order chi connectivity index (χ0) is 17.9. The summed E-state index contributed by atoms with van der Waals surface area (Å²) in [4.78, 5) is 19.6. The van der Waals surface area contributed by atoms with Gasteiger partial charge in [0.15, 0.2) is 11.6 Å². The maximum Gasteiger partial charge on any atom is 0.413 e. The van der Waals surface area contributed by atoms with Gasteiger partial charge in [-0.15, -0.1) is 5.10 Å². The Morgan fingerprint density at radius 1 is 1.38 bits per heavy atom. The Bertz CT molecular complexity index is 727. The highest BCUT2D eigenvalue weighted by atomic mass is 19.3. The van der Waals surface area contributed by atoms with Crippen LogP contribution >= 0.6 is 0 Å². The molecule has 0 aliphatic heterocycles. The summed E-state index contributed by atoms with van der Waals surface area (Å²) in [6.45, 7) is 2.10. The number of hydrogen-bond donors (Lipinski definition) is 1. The molecule has 0 aliphatic carbocycles. The summed E-state index contributed by atoms with van der Waals surface area (Å²) in [5.74, 6) is 0.0917. The quantitative estimate of drug-likeness (QED) is 0.919. The molecule has 130 valence electrons. The van der Waals surface area contributed by atoms with Gasteiger partial charge in [-0.2, -0.15) is 18.4 Å². The second-order valence-electron chi connectivity index (χ2n) is 5.69. The Hall–Kier alpha value is -2.78. The van der Waals surface area contributed by atoms with Gasteiger partial charge in [-0.1, -0.05) is 0 Å². The number of rotatable bonds is 4. The predicted molar refractivity (Wildman–Crippen MR) is 80.9 cm³/mol. The minimum absolute atomic E-state index is 0.0145. The van der Waals surface area contributed by atoms with Crippen LogP contribution in [0.5, 0.6) is 5.88 Å². The first-order chi connectivity index (χ1) is 11.2. The van der Waals surface area contributed by atoms with E-state index in [9.17, 15) is 13.6 Å². The highest BCUT2D eigenvalue weighted by Gasteiger charge is 2.22. The fourth-order valence-electron chi connectivity index (χ4n) is 1.76. The maximum absolute atomic E-state index is 13.2. The van der Waals surface area contributed by atoms with Crippen LogP contribution in [0.25, 0.3) is 11.5 Å². The zero-order valence-electron chi connectivity index (χ0n) is 13.6. The predicted octanol–water partition coefficient (Wildman–Crippen LogP) is 3.09. The van der Waals surface area contributed by atoms with Gasteiger partial charge < -0.3 is 9.47 Å². The normalized spacial score (nSPS) is 11.5. The summed E-state index contributed by atoms with van der Waals surface area (Å²) >= 11 is 0. The average molecular weight is 341 g/mol. The molecular weight excluding hydrogens is 324 g/mol. The molecule has 8 nitrogen and oxygen atoms in total. The number of methoxy groups -OCH3 is 1. The number of ether oxygens (including phenoxy) is 2. The highest BCUT2D eigenvalue weighted by Crippen LogP contribution is 2.25. The zero-order valence-corrected chi connectivity index (χ0v) is 13.6. The third kappa shape index (κ3) is 4.37. The smallest absolute Gasteiger partial charge is 0.413 e. The van der Waals surface area contributed by atoms with Gasteiger partial charge in [0.2, 0.25) is 5.88 Å². The molecule has 0 aromatic carbocycles. The van der Waals surface area contributed by atoms with Gasteiger partial charge in [-0.05, 0) is 20.8 Å². The van der Waals surface area contributed by atoms with Gasteiger partial charge in [-0.3, -0.25) is 5.32 Å². The van der Waals surface area contributed by atoms with Crippen molar-refractivity contribution in [3.05, 3.63) is 18.3 Å². The number of anilines is 1. The van der Waals surface area contributed by atoms with Crippen molar-refractivity contribution in [1.82, 2.24) is 19.7 Å². The van der Waals surface area contributed by atoms with Crippen molar-refractivity contribution in [2.24, 2.45) is 0 Å². The summed E-state index contributed by atoms with van der Waals surface area (Å²) in [6.07, 6.45) is 0.560. The number of hydrogen-bond acceptors (Lipinski definition) is 6. The van der Waals surface area contributed by atoms with Gasteiger partial charge in [0.25, 0.3) is 0 Å². The molecule has 1 N–H and O–H groups in total. The van der Waals surface area contributed by atoms with Crippen LogP contribution in [0.3, 0.4) is 0 Å². The summed E-state index contributed by atoms with van der Waals surface area (Å²) < 4.78 is 36.8. The number of aromatic nitrogens is 4. The molecular formula is C14H17F2N5O3. The van der Waals surface area contributed by atoms with E-state index in [1.165, 1.54) is 25.4 Å². The third-order valence-electron chi connectivity index (χ3n) is 2.62. The number of amides is 1. The van der Waals surface area contributed by atoms with E-state index in [2.05, 4.69) is 20.4 Å². The van der Waals surface area contributed by atoms with Crippen molar-refractivity contribution in [2.75, 3.05) is 12.4 Å². The number of alkyl halides is 2. The molecule has 2 aromatic rings. The van der Waals surface area contributed by atoms with Crippen LogP contribution in [-0.4, -0.2) is 38.6 Å². The van der Waals surface area contributed by atoms with Crippen LogP contribution < -0.4 is 10.1 Å². The second-order valence-corrected chi connectivity index (χ2v) is 5.69. The van der Waals surface area contributed by atoms with Crippen LogP contribution in [0.1, 0.15) is 27.3 Å². The molecule has 0 spiro atoms. The Labute approximate surface area is 136 Å². The van der Waals surface area contributed by atoms with Crippen molar-refractivity contribution >= 4 is 11.9 Å². The maximum atomic E-state index is 13.2. The Kier molecular flexibility index (Phi) is 4.96. The molecule has 0 saturated carbocycles. The molecule has 24 heavy (non-hydrogen) atoms. The van der Waals surface area contributed by atoms with Crippen LogP contribution in [0, 0.1) is 0 Å². The van der Waals surface area contributed by atoms with Crippen molar-refractivity contribution in [1.29, 1.82) is 0 Å². The first kappa shape index (κ1) is 17.6. The van der Waals surface area contributed by atoms with Crippen molar-refractivity contribution in [3.63, 3.8) is 0 Å². The lowest BCUT2D eigenvalue weighted by Crippen LogP contribution is -2.27. The molecule has 1 amide bonds. The molecule has 2 heterocycles. The Morgan fingerprint density at radius 2 is 2.08 bits per heavy atom. The van der Waals surface area contributed by atoms with E-state index in [0.29, 0.717) is 4.68 Å². The fraction of sp³-hybridized carbons (Fsp3) is 0.429.